The van der Waals surface area contributed by atoms with Crippen LogP contribution in [0, 0.1) is 5.82 Å². The second kappa shape index (κ2) is 9.31. The highest BCUT2D eigenvalue weighted by Gasteiger charge is 2.05. The van der Waals surface area contributed by atoms with E-state index in [9.17, 15) is 9.18 Å². The molecule has 0 unspecified atom stereocenters. The van der Waals surface area contributed by atoms with Crippen molar-refractivity contribution in [1.29, 1.82) is 0 Å². The fraction of sp³-hybridized carbons (Fsp3) is 0.533. The van der Waals surface area contributed by atoms with Crippen molar-refractivity contribution in [2.45, 2.75) is 19.8 Å². The fourth-order valence-corrected chi connectivity index (χ4v) is 1.63. The number of rotatable bonds is 9. The number of amides is 1. The third kappa shape index (κ3) is 7.09. The smallest absolute Gasteiger partial charge is 0.234 e. The Morgan fingerprint density at radius 1 is 1.35 bits per heavy atom. The Kier molecular flexibility index (Phi) is 7.65. The van der Waals surface area contributed by atoms with Crippen LogP contribution in [0.1, 0.15) is 19.8 Å². The Bertz CT molecular complexity index is 395. The highest BCUT2D eigenvalue weighted by atomic mass is 19.1. The summed E-state index contributed by atoms with van der Waals surface area (Å²) in [4.78, 5) is 13.5. The van der Waals surface area contributed by atoms with Crippen molar-refractivity contribution in [3.63, 3.8) is 0 Å². The highest BCUT2D eigenvalue weighted by Crippen LogP contribution is 2.10. The minimum atomic E-state index is -0.279. The van der Waals surface area contributed by atoms with Crippen molar-refractivity contribution in [2.75, 3.05) is 33.3 Å². The van der Waals surface area contributed by atoms with Crippen molar-refractivity contribution < 1.29 is 13.9 Å². The number of benzene rings is 1. The van der Waals surface area contributed by atoms with Crippen LogP contribution in [0.5, 0.6) is 5.75 Å². The molecule has 0 aliphatic carbocycles. The van der Waals surface area contributed by atoms with Crippen LogP contribution >= 0.6 is 0 Å². The molecule has 0 fully saturated rings. The molecule has 1 aromatic rings. The summed E-state index contributed by atoms with van der Waals surface area (Å²) in [6.45, 7) is 4.28. The van der Waals surface area contributed by atoms with Gasteiger partial charge >= 0.3 is 0 Å². The molecule has 0 aliphatic rings. The first kappa shape index (κ1) is 16.4. The van der Waals surface area contributed by atoms with Crippen molar-refractivity contribution in [2.24, 2.45) is 0 Å². The molecule has 0 aliphatic heterocycles. The van der Waals surface area contributed by atoms with Crippen LogP contribution < -0.4 is 10.1 Å². The number of nitrogens with one attached hydrogen (secondary N) is 1. The molecule has 0 heterocycles. The van der Waals surface area contributed by atoms with Crippen LogP contribution in [-0.4, -0.2) is 44.1 Å². The van der Waals surface area contributed by atoms with E-state index in [1.165, 1.54) is 12.1 Å². The van der Waals surface area contributed by atoms with E-state index in [1.54, 1.807) is 12.1 Å². The zero-order valence-corrected chi connectivity index (χ0v) is 12.2. The lowest BCUT2D eigenvalue weighted by Crippen LogP contribution is -2.37. The van der Waals surface area contributed by atoms with E-state index in [-0.39, 0.29) is 11.7 Å². The summed E-state index contributed by atoms with van der Waals surface area (Å²) in [6.07, 6.45) is 2.07. The maximum atomic E-state index is 12.7. The number of hydrogen-bond donors (Lipinski definition) is 1. The van der Waals surface area contributed by atoms with Gasteiger partial charge in [0.25, 0.3) is 0 Å². The highest BCUT2D eigenvalue weighted by molar-refractivity contribution is 5.77. The van der Waals surface area contributed by atoms with Gasteiger partial charge in [0.1, 0.15) is 18.2 Å². The number of carbonyl (C=O) groups excluding carboxylic acids is 1. The molecule has 112 valence electrons. The normalized spacial score (nSPS) is 10.6. The largest absolute Gasteiger partial charge is 0.492 e. The van der Waals surface area contributed by atoms with Gasteiger partial charge in [-0.05, 0) is 37.7 Å². The average Bonchev–Trinajstić information content (AvgIpc) is 2.41. The average molecular weight is 282 g/mol. The van der Waals surface area contributed by atoms with Gasteiger partial charge in [0.2, 0.25) is 5.91 Å². The number of likely N-dealkylation sites (N-methyl/N-ethyl adjacent to an activating group) is 1. The van der Waals surface area contributed by atoms with Gasteiger partial charge in [0.05, 0.1) is 6.54 Å². The summed E-state index contributed by atoms with van der Waals surface area (Å²) in [5.41, 5.74) is 0. The minimum Gasteiger partial charge on any atom is -0.492 e. The van der Waals surface area contributed by atoms with Crippen LogP contribution in [0.4, 0.5) is 4.39 Å². The number of carbonyl (C=O) groups is 1. The van der Waals surface area contributed by atoms with E-state index in [1.807, 2.05) is 11.9 Å². The Labute approximate surface area is 119 Å². The summed E-state index contributed by atoms with van der Waals surface area (Å²) in [6, 6.07) is 5.90. The molecule has 20 heavy (non-hydrogen) atoms. The van der Waals surface area contributed by atoms with E-state index in [0.717, 1.165) is 19.4 Å². The van der Waals surface area contributed by atoms with Crippen LogP contribution in [0.25, 0.3) is 0 Å². The van der Waals surface area contributed by atoms with E-state index < -0.39 is 0 Å². The van der Waals surface area contributed by atoms with Crippen molar-refractivity contribution >= 4 is 5.91 Å². The fourth-order valence-electron chi connectivity index (χ4n) is 1.63. The molecule has 0 atom stereocenters. The molecule has 1 amide bonds. The van der Waals surface area contributed by atoms with Gasteiger partial charge in [-0.15, -0.1) is 0 Å². The summed E-state index contributed by atoms with van der Waals surface area (Å²) in [7, 11) is 1.87. The molecule has 5 heteroatoms. The summed E-state index contributed by atoms with van der Waals surface area (Å²) in [5, 5.41) is 2.87. The molecule has 0 aromatic heterocycles. The lowest BCUT2D eigenvalue weighted by atomic mass is 10.3. The SMILES string of the molecule is CCCCNC(=O)CN(C)CCOc1ccc(F)cc1. The second-order valence-electron chi connectivity index (χ2n) is 4.74. The molecule has 1 N–H and O–H groups in total. The molecular formula is C15H23FN2O2. The molecule has 0 saturated carbocycles. The second-order valence-corrected chi connectivity index (χ2v) is 4.74. The van der Waals surface area contributed by atoms with Gasteiger partial charge < -0.3 is 10.1 Å². The lowest BCUT2D eigenvalue weighted by molar-refractivity contribution is -0.122. The first-order chi connectivity index (χ1) is 9.61. The molecular weight excluding hydrogens is 259 g/mol. The Balaban J connectivity index is 2.14. The molecule has 0 spiro atoms. The van der Waals surface area contributed by atoms with E-state index in [2.05, 4.69) is 12.2 Å². The topological polar surface area (TPSA) is 41.6 Å². The molecule has 0 saturated heterocycles. The summed E-state index contributed by atoms with van der Waals surface area (Å²) >= 11 is 0. The lowest BCUT2D eigenvalue weighted by Gasteiger charge is -2.16. The third-order valence-corrected chi connectivity index (χ3v) is 2.82. The quantitative estimate of drug-likeness (QED) is 0.705. The zero-order valence-electron chi connectivity index (χ0n) is 12.2. The van der Waals surface area contributed by atoms with Gasteiger partial charge in [0, 0.05) is 13.1 Å². The first-order valence-electron chi connectivity index (χ1n) is 6.95. The predicted octanol–water partition coefficient (Wildman–Crippen LogP) is 2.05. The standard InChI is InChI=1S/C15H23FN2O2/c1-3-4-9-17-15(19)12-18(2)10-11-20-14-7-5-13(16)6-8-14/h5-8H,3-4,9-12H2,1-2H3,(H,17,19). The Hall–Kier alpha value is -1.62. The van der Waals surface area contributed by atoms with Gasteiger partial charge in [-0.3, -0.25) is 9.69 Å². The maximum Gasteiger partial charge on any atom is 0.234 e. The predicted molar refractivity (Wildman–Crippen MR) is 77.3 cm³/mol. The Morgan fingerprint density at radius 3 is 2.70 bits per heavy atom. The van der Waals surface area contributed by atoms with Crippen molar-refractivity contribution in [3.05, 3.63) is 30.1 Å². The van der Waals surface area contributed by atoms with Crippen LogP contribution in [0.2, 0.25) is 0 Å². The number of ether oxygens (including phenoxy) is 1. The summed E-state index contributed by atoms with van der Waals surface area (Å²) < 4.78 is 18.2. The number of hydrogen-bond acceptors (Lipinski definition) is 3. The summed E-state index contributed by atoms with van der Waals surface area (Å²) in [5.74, 6) is 0.383. The number of halogens is 1. The molecule has 0 radical (unpaired) electrons. The van der Waals surface area contributed by atoms with Gasteiger partial charge in [-0.1, -0.05) is 13.3 Å². The van der Waals surface area contributed by atoms with Crippen molar-refractivity contribution in [3.8, 4) is 5.75 Å². The van der Waals surface area contributed by atoms with E-state index in [4.69, 9.17) is 4.74 Å². The van der Waals surface area contributed by atoms with Crippen LogP contribution in [-0.2, 0) is 4.79 Å². The van der Waals surface area contributed by atoms with E-state index >= 15 is 0 Å². The molecule has 4 nitrogen and oxygen atoms in total. The third-order valence-electron chi connectivity index (χ3n) is 2.82. The maximum absolute atomic E-state index is 12.7. The molecule has 1 aromatic carbocycles. The minimum absolute atomic E-state index is 0.0303. The molecule has 0 bridgehead atoms. The Morgan fingerprint density at radius 2 is 2.05 bits per heavy atom. The van der Waals surface area contributed by atoms with Gasteiger partial charge in [0.15, 0.2) is 0 Å². The molecule has 1 rings (SSSR count). The van der Waals surface area contributed by atoms with Crippen molar-refractivity contribution in [1.82, 2.24) is 10.2 Å². The van der Waals surface area contributed by atoms with Crippen LogP contribution in [0.15, 0.2) is 24.3 Å². The first-order valence-corrected chi connectivity index (χ1v) is 6.95. The zero-order chi connectivity index (χ0) is 14.8. The number of nitrogens with zero attached hydrogens (tertiary/aromatic N) is 1. The number of unbranched alkanes of at least 4 members (excludes halogenated alkanes) is 1. The van der Waals surface area contributed by atoms with E-state index in [0.29, 0.717) is 25.4 Å². The monoisotopic (exact) mass is 282 g/mol. The van der Waals surface area contributed by atoms with Crippen LogP contribution in [0.3, 0.4) is 0 Å². The van der Waals surface area contributed by atoms with Gasteiger partial charge in [-0.25, -0.2) is 4.39 Å². The van der Waals surface area contributed by atoms with Gasteiger partial charge in [-0.2, -0.15) is 0 Å².